The van der Waals surface area contributed by atoms with Crippen molar-refractivity contribution < 1.29 is 14.4 Å². The molecule has 0 aromatic heterocycles. The molecule has 0 aliphatic rings. The van der Waals surface area contributed by atoms with Gasteiger partial charge in [-0.05, 0) is 69.2 Å². The normalized spacial score (nSPS) is 13.3. The van der Waals surface area contributed by atoms with Gasteiger partial charge in [-0.3, -0.25) is 14.4 Å². The Morgan fingerprint density at radius 3 is 1.59 bits per heavy atom. The van der Waals surface area contributed by atoms with Gasteiger partial charge in [-0.2, -0.15) is 0 Å². The Morgan fingerprint density at radius 1 is 0.585 bits per heavy atom. The molecule has 0 aliphatic carbocycles. The van der Waals surface area contributed by atoms with E-state index >= 15 is 0 Å². The van der Waals surface area contributed by atoms with Crippen molar-refractivity contribution >= 4 is 17.7 Å². The van der Waals surface area contributed by atoms with Gasteiger partial charge in [0.25, 0.3) is 0 Å². The molecule has 10 heteroatoms. The molecule has 3 atom stereocenters. The fourth-order valence-corrected chi connectivity index (χ4v) is 4.54. The predicted octanol–water partition coefficient (Wildman–Crippen LogP) is 1.58. The number of hydrogen-bond acceptors (Lipinski definition) is 7. The molecule has 11 N–H and O–H groups in total. The first-order valence-corrected chi connectivity index (χ1v) is 14.8. The third kappa shape index (κ3) is 12.8. The number of hydrogen-bond donors (Lipinski definition) is 7. The average Bonchev–Trinajstić information content (AvgIpc) is 2.99. The van der Waals surface area contributed by atoms with E-state index in [4.69, 9.17) is 22.9 Å². The van der Waals surface area contributed by atoms with Crippen LogP contribution in [0.4, 0.5) is 0 Å². The fourth-order valence-electron chi connectivity index (χ4n) is 4.54. The topological polar surface area (TPSA) is 191 Å². The SMILES string of the molecule is NCCCC[C@H](N)C(=O)NCCCC[C@H](NC(=O)[C@@H](N)CCCCN)C(=O)NC(c1ccccc1)c1ccccc1. The molecule has 226 valence electrons. The van der Waals surface area contributed by atoms with Crippen LogP contribution >= 0.6 is 0 Å². The molecule has 10 nitrogen and oxygen atoms in total. The van der Waals surface area contributed by atoms with Crippen molar-refractivity contribution in [3.63, 3.8) is 0 Å². The van der Waals surface area contributed by atoms with Crippen LogP contribution in [0.3, 0.4) is 0 Å². The van der Waals surface area contributed by atoms with Gasteiger partial charge in [0.2, 0.25) is 17.7 Å². The molecular formula is C31H49N7O3. The van der Waals surface area contributed by atoms with Crippen LogP contribution in [0, 0.1) is 0 Å². The van der Waals surface area contributed by atoms with Gasteiger partial charge >= 0.3 is 0 Å². The summed E-state index contributed by atoms with van der Waals surface area (Å²) in [4.78, 5) is 38.8. The van der Waals surface area contributed by atoms with Crippen molar-refractivity contribution in [3.05, 3.63) is 71.8 Å². The molecule has 0 saturated carbocycles. The standard InChI is InChI=1S/C31H49N7O3/c32-20-10-7-17-25(34)29(39)36-22-12-9-19-27(37-30(40)26(35)18-8-11-21-33)31(41)38-28(23-13-3-1-4-14-23)24-15-5-2-6-16-24/h1-6,13-16,25-28H,7-12,17-22,32-35H2,(H,36,39)(H,37,40)(H,38,41)/t25-,26-,27-/m0/s1. The van der Waals surface area contributed by atoms with Crippen molar-refractivity contribution in [2.75, 3.05) is 19.6 Å². The Balaban J connectivity index is 2.04. The number of nitrogens with one attached hydrogen (secondary N) is 3. The number of unbranched alkanes of at least 4 members (excludes halogenated alkanes) is 3. The van der Waals surface area contributed by atoms with E-state index in [1.54, 1.807) is 0 Å². The van der Waals surface area contributed by atoms with E-state index in [0.29, 0.717) is 51.7 Å². The molecule has 2 aromatic carbocycles. The van der Waals surface area contributed by atoms with Crippen LogP contribution in [-0.2, 0) is 14.4 Å². The molecule has 0 aliphatic heterocycles. The summed E-state index contributed by atoms with van der Waals surface area (Å²) in [5.74, 6) is -0.854. The van der Waals surface area contributed by atoms with Crippen molar-refractivity contribution in [2.45, 2.75) is 82.0 Å². The molecule has 0 spiro atoms. The predicted molar refractivity (Wildman–Crippen MR) is 163 cm³/mol. The van der Waals surface area contributed by atoms with Crippen LogP contribution < -0.4 is 38.9 Å². The minimum absolute atomic E-state index is 0.193. The number of amides is 3. The summed E-state index contributed by atoms with van der Waals surface area (Å²) in [5, 5.41) is 8.87. The monoisotopic (exact) mass is 567 g/mol. The third-order valence-electron chi connectivity index (χ3n) is 7.02. The van der Waals surface area contributed by atoms with E-state index in [9.17, 15) is 14.4 Å². The van der Waals surface area contributed by atoms with Crippen LogP contribution in [0.25, 0.3) is 0 Å². The van der Waals surface area contributed by atoms with Gasteiger partial charge in [0.05, 0.1) is 18.1 Å². The van der Waals surface area contributed by atoms with Gasteiger partial charge in [0.1, 0.15) is 6.04 Å². The molecule has 0 unspecified atom stereocenters. The first-order valence-electron chi connectivity index (χ1n) is 14.8. The van der Waals surface area contributed by atoms with E-state index in [0.717, 1.165) is 36.8 Å². The summed E-state index contributed by atoms with van der Waals surface area (Å²) in [5.41, 5.74) is 25.0. The van der Waals surface area contributed by atoms with Crippen molar-refractivity contribution in [1.82, 2.24) is 16.0 Å². The molecule has 0 fully saturated rings. The molecule has 2 rings (SSSR count). The Labute approximate surface area is 244 Å². The largest absolute Gasteiger partial charge is 0.355 e. The molecule has 0 heterocycles. The Bertz CT molecular complexity index is 983. The number of rotatable bonds is 20. The van der Waals surface area contributed by atoms with Crippen molar-refractivity contribution in [3.8, 4) is 0 Å². The van der Waals surface area contributed by atoms with Crippen LogP contribution in [0.5, 0.6) is 0 Å². The van der Waals surface area contributed by atoms with E-state index in [2.05, 4.69) is 16.0 Å². The molecule has 0 bridgehead atoms. The number of nitrogens with two attached hydrogens (primary N) is 4. The van der Waals surface area contributed by atoms with E-state index in [1.165, 1.54) is 0 Å². The highest BCUT2D eigenvalue weighted by molar-refractivity contribution is 5.90. The van der Waals surface area contributed by atoms with Crippen molar-refractivity contribution in [1.29, 1.82) is 0 Å². The smallest absolute Gasteiger partial charge is 0.243 e. The Morgan fingerprint density at radius 2 is 1.07 bits per heavy atom. The molecular weight excluding hydrogens is 518 g/mol. The molecule has 2 aromatic rings. The summed E-state index contributed by atoms with van der Waals surface area (Å²) in [6, 6.07) is 16.9. The van der Waals surface area contributed by atoms with Crippen LogP contribution in [-0.4, -0.2) is 55.5 Å². The quantitative estimate of drug-likeness (QED) is 0.118. The van der Waals surface area contributed by atoms with E-state index in [1.807, 2.05) is 60.7 Å². The molecule has 0 saturated heterocycles. The lowest BCUT2D eigenvalue weighted by Gasteiger charge is -2.25. The van der Waals surface area contributed by atoms with Gasteiger partial charge in [0, 0.05) is 6.54 Å². The third-order valence-corrected chi connectivity index (χ3v) is 7.02. The first-order chi connectivity index (χ1) is 19.9. The molecule has 3 amide bonds. The molecule has 0 radical (unpaired) electrons. The molecule has 41 heavy (non-hydrogen) atoms. The summed E-state index contributed by atoms with van der Waals surface area (Å²) in [7, 11) is 0. The second kappa shape index (κ2) is 19.7. The average molecular weight is 568 g/mol. The van der Waals surface area contributed by atoms with Crippen LogP contribution in [0.2, 0.25) is 0 Å². The zero-order chi connectivity index (χ0) is 29.9. The Kier molecular flexibility index (Phi) is 16.3. The van der Waals surface area contributed by atoms with Crippen LogP contribution in [0.1, 0.15) is 75.0 Å². The number of carbonyl (C=O) groups excluding carboxylic acids is 3. The van der Waals surface area contributed by atoms with Gasteiger partial charge in [-0.1, -0.05) is 73.5 Å². The van der Waals surface area contributed by atoms with E-state index in [-0.39, 0.29) is 23.8 Å². The lowest BCUT2D eigenvalue weighted by atomic mass is 9.97. The zero-order valence-corrected chi connectivity index (χ0v) is 24.1. The Hall–Kier alpha value is -3.31. The summed E-state index contributed by atoms with van der Waals surface area (Å²) < 4.78 is 0. The fraction of sp³-hybridized carbons (Fsp3) is 0.516. The van der Waals surface area contributed by atoms with Crippen LogP contribution in [0.15, 0.2) is 60.7 Å². The van der Waals surface area contributed by atoms with Gasteiger partial charge < -0.3 is 38.9 Å². The van der Waals surface area contributed by atoms with Gasteiger partial charge in [0.15, 0.2) is 0 Å². The number of carbonyl (C=O) groups is 3. The maximum absolute atomic E-state index is 13.6. The first kappa shape index (κ1) is 33.9. The highest BCUT2D eigenvalue weighted by Gasteiger charge is 2.26. The lowest BCUT2D eigenvalue weighted by molar-refractivity contribution is -0.130. The minimum Gasteiger partial charge on any atom is -0.355 e. The van der Waals surface area contributed by atoms with E-state index < -0.39 is 18.1 Å². The maximum Gasteiger partial charge on any atom is 0.243 e. The summed E-state index contributed by atoms with van der Waals surface area (Å²) in [6.07, 6.45) is 5.86. The number of benzene rings is 2. The highest BCUT2D eigenvalue weighted by atomic mass is 16.2. The summed E-state index contributed by atoms with van der Waals surface area (Å²) in [6.45, 7) is 1.55. The summed E-state index contributed by atoms with van der Waals surface area (Å²) >= 11 is 0. The van der Waals surface area contributed by atoms with Gasteiger partial charge in [-0.25, -0.2) is 0 Å². The van der Waals surface area contributed by atoms with Gasteiger partial charge in [-0.15, -0.1) is 0 Å². The highest BCUT2D eigenvalue weighted by Crippen LogP contribution is 2.22. The maximum atomic E-state index is 13.6. The second-order valence-electron chi connectivity index (χ2n) is 10.4. The minimum atomic E-state index is -0.785. The van der Waals surface area contributed by atoms with Crippen molar-refractivity contribution in [2.24, 2.45) is 22.9 Å². The lowest BCUT2D eigenvalue weighted by Crippen LogP contribution is -2.52. The zero-order valence-electron chi connectivity index (χ0n) is 24.1. The second-order valence-corrected chi connectivity index (χ2v) is 10.4.